The Labute approximate surface area is 328 Å². The second-order valence-corrected chi connectivity index (χ2v) is 18.7. The lowest BCUT2D eigenvalue weighted by atomic mass is 9.67. The second-order valence-electron chi connectivity index (χ2n) is 16.2. The smallest absolute Gasteiger partial charge is 0.286 e. The summed E-state index contributed by atoms with van der Waals surface area (Å²) in [5, 5.41) is 4.92. The number of allylic oxidation sites excluding steroid dienone is 1. The first kappa shape index (κ1) is 38.0. The summed E-state index contributed by atoms with van der Waals surface area (Å²) in [6.45, 7) is 5.77. The molecule has 1 saturated carbocycles. The van der Waals surface area contributed by atoms with Crippen molar-refractivity contribution < 1.29 is 28.0 Å². The molecule has 3 aromatic rings. The van der Waals surface area contributed by atoms with Gasteiger partial charge < -0.3 is 19.1 Å². The average molecular weight is 791 g/mol. The van der Waals surface area contributed by atoms with Crippen LogP contribution in [0.15, 0.2) is 59.1 Å². The van der Waals surface area contributed by atoms with Crippen LogP contribution >= 0.6 is 11.6 Å². The van der Waals surface area contributed by atoms with E-state index in [1.807, 2.05) is 25.1 Å². The van der Waals surface area contributed by atoms with Crippen LogP contribution in [0.1, 0.15) is 70.9 Å². The zero-order valence-electron chi connectivity index (χ0n) is 32.0. The fraction of sp³-hybridized carbons (Fsp3) is 0.537. The molecule has 6 atom stereocenters. The van der Waals surface area contributed by atoms with Gasteiger partial charge in [-0.1, -0.05) is 36.7 Å². The summed E-state index contributed by atoms with van der Waals surface area (Å²) in [6.07, 6.45) is 12.1. The van der Waals surface area contributed by atoms with E-state index in [1.54, 1.807) is 20.2 Å². The molecule has 2 fully saturated rings. The lowest BCUT2D eigenvalue weighted by molar-refractivity contribution is -0.0675. The highest BCUT2D eigenvalue weighted by Crippen LogP contribution is 2.47. The number of aromatic nitrogens is 2. The molecule has 1 aromatic heterocycles. The highest BCUT2D eigenvalue weighted by atomic mass is 35.5. The van der Waals surface area contributed by atoms with E-state index >= 15 is 0 Å². The number of nitrogens with one attached hydrogen (secondary N) is 1. The summed E-state index contributed by atoms with van der Waals surface area (Å²) in [5.74, 6) is 0.154. The number of halogens is 1. The van der Waals surface area contributed by atoms with E-state index in [9.17, 15) is 13.8 Å². The summed E-state index contributed by atoms with van der Waals surface area (Å²) in [7, 11) is 1.25. The molecule has 1 saturated heterocycles. The molecule has 0 radical (unpaired) electrons. The molecule has 14 heteroatoms. The van der Waals surface area contributed by atoms with Gasteiger partial charge in [0.15, 0.2) is 0 Å². The first-order valence-electron chi connectivity index (χ1n) is 19.4. The van der Waals surface area contributed by atoms with Crippen LogP contribution in [0.4, 0.5) is 5.69 Å². The lowest BCUT2D eigenvalue weighted by Crippen LogP contribution is -2.60. The van der Waals surface area contributed by atoms with Crippen molar-refractivity contribution in [2.75, 3.05) is 57.7 Å². The third-order valence-corrected chi connectivity index (χ3v) is 14.6. The number of carbonyl (C=O) groups is 2. The number of likely N-dealkylation sites (tertiary alicyclic amines) is 1. The minimum absolute atomic E-state index is 0.0182. The Morgan fingerprint density at radius 3 is 2.73 bits per heavy atom. The molecular weight excluding hydrogens is 740 g/mol. The standard InChI is InChI=1S/C41H51ClN6O6S/c1-26-7-5-9-35(47-20-31(21-47)52-3)32-13-10-29(32)19-48-24-41(16-6-8-27-17-30(42)12-14-34(27)41)25-54-37-15-11-28(18-36(37)48)38(49)44-55(51,23-26)45-39(50)33-22-46(2)43-40(33)53-4/h5,9,11-12,14-15,17-18,22,26,29,31-32,35H,6-8,10,13,16,19-21,23-25H2,1-4H3,(H,44,45,49,50,51)/b9-5+/t26-,29-,32+,35?,41-,55-/m0/s1. The van der Waals surface area contributed by atoms with Crippen LogP contribution in [0, 0.1) is 17.8 Å². The number of amides is 2. The number of ether oxygens (including phenoxy) is 3. The minimum Gasteiger partial charge on any atom is -0.490 e. The van der Waals surface area contributed by atoms with Gasteiger partial charge in [-0.3, -0.25) is 23.9 Å². The van der Waals surface area contributed by atoms with Gasteiger partial charge >= 0.3 is 0 Å². The van der Waals surface area contributed by atoms with E-state index in [0.717, 1.165) is 69.0 Å². The monoisotopic (exact) mass is 790 g/mol. The van der Waals surface area contributed by atoms with E-state index in [1.165, 1.54) is 29.1 Å². The number of hydrogen-bond donors (Lipinski definition) is 1. The summed E-state index contributed by atoms with van der Waals surface area (Å²) in [4.78, 5) is 32.7. The molecule has 55 heavy (non-hydrogen) atoms. The molecule has 4 heterocycles. The molecule has 5 aliphatic rings. The largest absolute Gasteiger partial charge is 0.490 e. The summed E-state index contributed by atoms with van der Waals surface area (Å²) < 4.78 is 40.9. The molecular formula is C41H51ClN6O6S. The maximum Gasteiger partial charge on any atom is 0.286 e. The van der Waals surface area contributed by atoms with Gasteiger partial charge in [0, 0.05) is 68.6 Å². The van der Waals surface area contributed by atoms with Crippen LogP contribution in [-0.2, 0) is 33.5 Å². The molecule has 1 N–H and O–H groups in total. The number of anilines is 1. The normalized spacial score (nSPS) is 30.4. The van der Waals surface area contributed by atoms with Gasteiger partial charge in [0.05, 0.1) is 31.3 Å². The fourth-order valence-corrected chi connectivity index (χ4v) is 11.4. The SMILES string of the molecule is COc1nn(C)cc1C(=O)N[S@@]1(=O)=NC(=O)c2ccc3c(c2)N(C[C@@H]2CC[C@H]2C(N2CC(OC)C2)/C=C/C[C@H](C)C1)C[C@@]1(CCCc2cc(Cl)ccc21)CO3. The molecule has 294 valence electrons. The first-order valence-corrected chi connectivity index (χ1v) is 21.5. The van der Waals surface area contributed by atoms with Crippen molar-refractivity contribution in [3.63, 3.8) is 0 Å². The molecule has 8 rings (SSSR count). The Hall–Kier alpha value is -3.91. The Morgan fingerprint density at radius 2 is 1.96 bits per heavy atom. The van der Waals surface area contributed by atoms with Gasteiger partial charge in [-0.2, -0.15) is 0 Å². The predicted octanol–water partition coefficient (Wildman–Crippen LogP) is 5.83. The third-order valence-electron chi connectivity index (χ3n) is 12.4. The Bertz CT molecular complexity index is 2120. The van der Waals surface area contributed by atoms with Crippen LogP contribution in [0.2, 0.25) is 5.02 Å². The molecule has 2 amide bonds. The van der Waals surface area contributed by atoms with Crippen LogP contribution in [0.25, 0.3) is 0 Å². The Morgan fingerprint density at radius 1 is 1.13 bits per heavy atom. The van der Waals surface area contributed by atoms with Crippen LogP contribution in [-0.4, -0.2) is 95.6 Å². The molecule has 1 spiro atoms. The Balaban J connectivity index is 1.20. The zero-order chi connectivity index (χ0) is 38.5. The van der Waals surface area contributed by atoms with E-state index in [2.05, 4.69) is 48.3 Å². The van der Waals surface area contributed by atoms with Crippen molar-refractivity contribution in [1.82, 2.24) is 19.4 Å². The molecule has 2 aromatic carbocycles. The molecule has 2 aliphatic carbocycles. The van der Waals surface area contributed by atoms with Crippen molar-refractivity contribution in [3.8, 4) is 11.6 Å². The number of nitrogens with zero attached hydrogens (tertiary/aromatic N) is 5. The first-order chi connectivity index (χ1) is 26.5. The topological polar surface area (TPSA) is 128 Å². The zero-order valence-corrected chi connectivity index (χ0v) is 33.6. The molecule has 3 aliphatic heterocycles. The van der Waals surface area contributed by atoms with E-state index in [0.29, 0.717) is 30.6 Å². The van der Waals surface area contributed by atoms with Gasteiger partial charge in [-0.05, 0) is 97.7 Å². The van der Waals surface area contributed by atoms with Crippen LogP contribution in [0.5, 0.6) is 11.6 Å². The number of methoxy groups -OCH3 is 2. The quantitative estimate of drug-likeness (QED) is 0.318. The summed E-state index contributed by atoms with van der Waals surface area (Å²) in [6, 6.07) is 11.9. The van der Waals surface area contributed by atoms with Gasteiger partial charge in [0.2, 0.25) is 5.88 Å². The third kappa shape index (κ3) is 7.52. The van der Waals surface area contributed by atoms with Gasteiger partial charge in [0.25, 0.3) is 11.8 Å². The van der Waals surface area contributed by atoms with E-state index < -0.39 is 21.7 Å². The number of hydrogen-bond acceptors (Lipinski definition) is 9. The number of carbonyl (C=O) groups excluding carboxylic acids is 2. The number of rotatable bonds is 5. The second kappa shape index (κ2) is 15.2. The average Bonchev–Trinajstić information content (AvgIpc) is 3.44. The predicted molar refractivity (Wildman–Crippen MR) is 213 cm³/mol. The molecule has 1 unspecified atom stereocenters. The van der Waals surface area contributed by atoms with Gasteiger partial charge in [0.1, 0.15) is 21.2 Å². The molecule has 2 bridgehead atoms. The number of fused-ring (bicyclic) bond motifs is 4. The highest BCUT2D eigenvalue weighted by molar-refractivity contribution is 7.92. The minimum atomic E-state index is -3.60. The van der Waals surface area contributed by atoms with E-state index in [4.69, 9.17) is 25.8 Å². The van der Waals surface area contributed by atoms with Crippen molar-refractivity contribution in [2.24, 2.45) is 29.2 Å². The number of benzene rings is 2. The lowest BCUT2D eigenvalue weighted by Gasteiger charge is -2.52. The van der Waals surface area contributed by atoms with Crippen molar-refractivity contribution in [2.45, 2.75) is 63.0 Å². The van der Waals surface area contributed by atoms with Crippen molar-refractivity contribution in [1.29, 1.82) is 0 Å². The van der Waals surface area contributed by atoms with Gasteiger partial charge in [-0.15, -0.1) is 9.46 Å². The van der Waals surface area contributed by atoms with Crippen molar-refractivity contribution in [3.05, 3.63) is 82.0 Å². The van der Waals surface area contributed by atoms with Gasteiger partial charge in [-0.25, -0.2) is 4.21 Å². The molecule has 12 nitrogen and oxygen atoms in total. The summed E-state index contributed by atoms with van der Waals surface area (Å²) in [5.41, 5.74) is 3.50. The summed E-state index contributed by atoms with van der Waals surface area (Å²) >= 11 is 6.50. The van der Waals surface area contributed by atoms with E-state index in [-0.39, 0.29) is 46.2 Å². The highest BCUT2D eigenvalue weighted by Gasteiger charge is 2.46. The maximum absolute atomic E-state index is 14.7. The fourth-order valence-electron chi connectivity index (χ4n) is 9.37. The number of aryl methyl sites for hydroxylation is 2. The van der Waals surface area contributed by atoms with Crippen molar-refractivity contribution >= 4 is 39.0 Å². The maximum atomic E-state index is 14.7. The van der Waals surface area contributed by atoms with Crippen LogP contribution in [0.3, 0.4) is 0 Å². The Kier molecular flexibility index (Phi) is 10.5. The van der Waals surface area contributed by atoms with Crippen LogP contribution < -0.4 is 19.1 Å².